The molecule has 0 spiro atoms. The Labute approximate surface area is 168 Å². The van der Waals surface area contributed by atoms with Crippen LogP contribution in [0, 0.1) is 17.8 Å². The fourth-order valence-electron chi connectivity index (χ4n) is 4.20. The zero-order valence-corrected chi connectivity index (χ0v) is 18.2. The van der Waals surface area contributed by atoms with E-state index in [-0.39, 0.29) is 29.9 Å². The minimum absolute atomic E-state index is 0.0200. The zero-order chi connectivity index (χ0) is 21.3. The van der Waals surface area contributed by atoms with Gasteiger partial charge in [-0.2, -0.15) is 0 Å². The first-order valence-electron chi connectivity index (χ1n) is 10.1. The SMILES string of the molecule is CC(=O)O[C@@H]1CC[C@H]2CN(C(=O)OC(C)(C)C)CC[C@H]2[C@H]1C(=O)OC(C)(C)C. The average molecular weight is 398 g/mol. The molecule has 0 aromatic carbocycles. The van der Waals surface area contributed by atoms with Crippen LogP contribution in [0.2, 0.25) is 0 Å². The number of carbonyl (C=O) groups excluding carboxylic acids is 3. The molecule has 0 radical (unpaired) electrons. The van der Waals surface area contributed by atoms with E-state index in [1.807, 2.05) is 41.5 Å². The average Bonchev–Trinajstić information content (AvgIpc) is 2.50. The Bertz CT molecular complexity index is 603. The molecule has 0 aromatic heterocycles. The molecule has 1 saturated heterocycles. The van der Waals surface area contributed by atoms with Gasteiger partial charge in [0.2, 0.25) is 0 Å². The van der Waals surface area contributed by atoms with Crippen molar-refractivity contribution in [2.45, 2.75) is 85.0 Å². The van der Waals surface area contributed by atoms with Crippen LogP contribution >= 0.6 is 0 Å². The maximum absolute atomic E-state index is 12.9. The van der Waals surface area contributed by atoms with Crippen molar-refractivity contribution in [3.8, 4) is 0 Å². The summed E-state index contributed by atoms with van der Waals surface area (Å²) in [4.78, 5) is 38.7. The van der Waals surface area contributed by atoms with Crippen molar-refractivity contribution in [3.05, 3.63) is 0 Å². The van der Waals surface area contributed by atoms with Crippen molar-refractivity contribution in [1.82, 2.24) is 4.90 Å². The third-order valence-corrected chi connectivity index (χ3v) is 5.12. The maximum Gasteiger partial charge on any atom is 0.410 e. The highest BCUT2D eigenvalue weighted by Crippen LogP contribution is 2.43. The van der Waals surface area contributed by atoms with Crippen molar-refractivity contribution in [1.29, 1.82) is 0 Å². The van der Waals surface area contributed by atoms with Crippen LogP contribution < -0.4 is 0 Å². The Hall–Kier alpha value is -1.79. The molecule has 7 nitrogen and oxygen atoms in total. The van der Waals surface area contributed by atoms with E-state index in [9.17, 15) is 14.4 Å². The highest BCUT2D eigenvalue weighted by Gasteiger charge is 2.49. The third kappa shape index (κ3) is 6.11. The second-order valence-electron chi connectivity index (χ2n) is 9.92. The Balaban J connectivity index is 2.15. The lowest BCUT2D eigenvalue weighted by molar-refractivity contribution is -0.179. The quantitative estimate of drug-likeness (QED) is 0.524. The van der Waals surface area contributed by atoms with Crippen LogP contribution in [0.15, 0.2) is 0 Å². The molecule has 1 amide bonds. The second kappa shape index (κ2) is 8.29. The lowest BCUT2D eigenvalue weighted by Crippen LogP contribution is -2.54. The largest absolute Gasteiger partial charge is 0.462 e. The molecule has 1 aliphatic carbocycles. The van der Waals surface area contributed by atoms with Crippen LogP contribution in [0.25, 0.3) is 0 Å². The van der Waals surface area contributed by atoms with E-state index in [2.05, 4.69) is 0 Å². The number of nitrogens with zero attached hydrogens (tertiary/aromatic N) is 1. The molecule has 0 bridgehead atoms. The fraction of sp³-hybridized carbons (Fsp3) is 0.857. The molecule has 1 heterocycles. The van der Waals surface area contributed by atoms with Crippen LogP contribution in [0.1, 0.15) is 67.7 Å². The van der Waals surface area contributed by atoms with Crippen molar-refractivity contribution in [3.63, 3.8) is 0 Å². The molecule has 2 rings (SSSR count). The predicted molar refractivity (Wildman–Crippen MR) is 104 cm³/mol. The van der Waals surface area contributed by atoms with Crippen LogP contribution in [0.3, 0.4) is 0 Å². The van der Waals surface area contributed by atoms with E-state index in [0.717, 1.165) is 6.42 Å². The molecule has 0 unspecified atom stereocenters. The van der Waals surface area contributed by atoms with Crippen molar-refractivity contribution < 1.29 is 28.6 Å². The summed E-state index contributed by atoms with van der Waals surface area (Å²) in [5.74, 6) is -1.03. The van der Waals surface area contributed by atoms with Gasteiger partial charge in [-0.3, -0.25) is 9.59 Å². The molecule has 4 atom stereocenters. The van der Waals surface area contributed by atoms with Crippen LogP contribution in [0.4, 0.5) is 4.79 Å². The first kappa shape index (κ1) is 22.5. The molecule has 2 fully saturated rings. The molecule has 1 aliphatic heterocycles. The van der Waals surface area contributed by atoms with Crippen LogP contribution in [-0.4, -0.2) is 53.3 Å². The van der Waals surface area contributed by atoms with Gasteiger partial charge in [-0.05, 0) is 72.6 Å². The topological polar surface area (TPSA) is 82.1 Å². The van der Waals surface area contributed by atoms with Gasteiger partial charge in [0.05, 0.1) is 5.92 Å². The first-order chi connectivity index (χ1) is 12.8. The summed E-state index contributed by atoms with van der Waals surface area (Å²) in [5.41, 5.74) is -1.15. The smallest absolute Gasteiger partial charge is 0.410 e. The van der Waals surface area contributed by atoms with E-state index in [1.165, 1.54) is 6.92 Å². The number of fused-ring (bicyclic) bond motifs is 1. The number of hydrogen-bond acceptors (Lipinski definition) is 6. The molecule has 0 N–H and O–H groups in total. The Morgan fingerprint density at radius 1 is 0.893 bits per heavy atom. The highest BCUT2D eigenvalue weighted by molar-refractivity contribution is 5.75. The number of amides is 1. The number of hydrogen-bond donors (Lipinski definition) is 0. The standard InChI is InChI=1S/C21H35NO6/c1-13(23)26-16-9-8-14-12-22(19(25)28-21(5,6)7)11-10-15(14)17(16)18(24)27-20(2,3)4/h14-17H,8-12H2,1-7H3/t14-,15+,16+,17+/m0/s1. The molecule has 160 valence electrons. The fourth-order valence-corrected chi connectivity index (χ4v) is 4.20. The van der Waals surface area contributed by atoms with Gasteiger partial charge in [0.25, 0.3) is 0 Å². The van der Waals surface area contributed by atoms with E-state index in [4.69, 9.17) is 14.2 Å². The number of rotatable bonds is 2. The van der Waals surface area contributed by atoms with Gasteiger partial charge in [0.1, 0.15) is 17.3 Å². The van der Waals surface area contributed by atoms with E-state index >= 15 is 0 Å². The first-order valence-corrected chi connectivity index (χ1v) is 10.1. The van der Waals surface area contributed by atoms with Gasteiger partial charge in [0, 0.05) is 20.0 Å². The molecule has 0 aromatic rings. The highest BCUT2D eigenvalue weighted by atomic mass is 16.6. The zero-order valence-electron chi connectivity index (χ0n) is 18.2. The molecule has 1 saturated carbocycles. The summed E-state index contributed by atoms with van der Waals surface area (Å²) in [5, 5.41) is 0. The van der Waals surface area contributed by atoms with Gasteiger partial charge in [-0.15, -0.1) is 0 Å². The molecular weight excluding hydrogens is 362 g/mol. The van der Waals surface area contributed by atoms with Crippen molar-refractivity contribution in [2.24, 2.45) is 17.8 Å². The third-order valence-electron chi connectivity index (χ3n) is 5.12. The molecule has 28 heavy (non-hydrogen) atoms. The Morgan fingerprint density at radius 2 is 1.50 bits per heavy atom. The minimum Gasteiger partial charge on any atom is -0.462 e. The van der Waals surface area contributed by atoms with Crippen LogP contribution in [-0.2, 0) is 23.8 Å². The lowest BCUT2D eigenvalue weighted by Gasteiger charge is -2.47. The van der Waals surface area contributed by atoms with Gasteiger partial charge < -0.3 is 19.1 Å². The molecular formula is C21H35NO6. The summed E-state index contributed by atoms with van der Waals surface area (Å²) in [6.07, 6.45) is 1.25. The summed E-state index contributed by atoms with van der Waals surface area (Å²) < 4.78 is 16.6. The number of ether oxygens (including phenoxy) is 3. The Kier molecular flexibility index (Phi) is 6.66. The van der Waals surface area contributed by atoms with E-state index in [1.54, 1.807) is 4.90 Å². The van der Waals surface area contributed by atoms with E-state index in [0.29, 0.717) is 25.9 Å². The Morgan fingerprint density at radius 3 is 2.04 bits per heavy atom. The number of likely N-dealkylation sites (tertiary alicyclic amines) is 1. The van der Waals surface area contributed by atoms with E-state index < -0.39 is 23.2 Å². The van der Waals surface area contributed by atoms with Crippen LogP contribution in [0.5, 0.6) is 0 Å². The minimum atomic E-state index is -0.609. The number of esters is 2. The maximum atomic E-state index is 12.9. The predicted octanol–water partition coefficient (Wildman–Crippen LogP) is 3.54. The van der Waals surface area contributed by atoms with Gasteiger partial charge in [-0.1, -0.05) is 0 Å². The van der Waals surface area contributed by atoms with Gasteiger partial charge in [-0.25, -0.2) is 4.79 Å². The summed E-state index contributed by atoms with van der Waals surface area (Å²) in [6, 6.07) is 0. The number of piperidine rings is 1. The second-order valence-corrected chi connectivity index (χ2v) is 9.92. The van der Waals surface area contributed by atoms with Gasteiger partial charge in [0.15, 0.2) is 0 Å². The monoisotopic (exact) mass is 397 g/mol. The summed E-state index contributed by atoms with van der Waals surface area (Å²) >= 11 is 0. The lowest BCUT2D eigenvalue weighted by atomic mass is 9.67. The summed E-state index contributed by atoms with van der Waals surface area (Å²) in [6.45, 7) is 13.5. The van der Waals surface area contributed by atoms with Crippen molar-refractivity contribution in [2.75, 3.05) is 13.1 Å². The number of carbonyl (C=O) groups is 3. The van der Waals surface area contributed by atoms with Crippen molar-refractivity contribution >= 4 is 18.0 Å². The normalized spacial score (nSPS) is 28.2. The summed E-state index contributed by atoms with van der Waals surface area (Å²) in [7, 11) is 0. The molecule has 2 aliphatic rings. The van der Waals surface area contributed by atoms with Gasteiger partial charge >= 0.3 is 18.0 Å². The molecule has 7 heteroatoms.